The van der Waals surface area contributed by atoms with Crippen LogP contribution in [0.2, 0.25) is 0 Å². The van der Waals surface area contributed by atoms with Gasteiger partial charge in [-0.3, -0.25) is 4.79 Å². The topological polar surface area (TPSA) is 101 Å². The number of anilines is 1. The van der Waals surface area contributed by atoms with Crippen LogP contribution in [0.15, 0.2) is 0 Å². The van der Waals surface area contributed by atoms with Crippen molar-refractivity contribution in [1.29, 1.82) is 0 Å². The van der Waals surface area contributed by atoms with E-state index >= 15 is 0 Å². The molecule has 1 amide bonds. The van der Waals surface area contributed by atoms with Crippen molar-refractivity contribution < 1.29 is 9.90 Å². The van der Waals surface area contributed by atoms with Crippen molar-refractivity contribution in [3.8, 4) is 0 Å². The van der Waals surface area contributed by atoms with Crippen LogP contribution in [0.4, 0.5) is 5.82 Å². The molecule has 0 spiro atoms. The number of carbonyl (C=O) groups excluding carboxylic acids is 1. The average molecular weight is 210 g/mol. The summed E-state index contributed by atoms with van der Waals surface area (Å²) in [6.07, 6.45) is 0. The van der Waals surface area contributed by atoms with Crippen LogP contribution in [0, 0.1) is 13.8 Å². The summed E-state index contributed by atoms with van der Waals surface area (Å²) >= 11 is 0. The molecule has 0 saturated carbocycles. The molecule has 0 aliphatic carbocycles. The van der Waals surface area contributed by atoms with E-state index in [2.05, 4.69) is 15.3 Å². The first kappa shape index (κ1) is 11.4. The number of rotatable bonds is 3. The highest BCUT2D eigenvalue weighted by Crippen LogP contribution is 2.09. The number of carbonyl (C=O) groups is 1. The molecule has 0 aliphatic rings. The molecule has 0 saturated heterocycles. The molecule has 1 rings (SSSR count). The fourth-order valence-electron chi connectivity index (χ4n) is 1.04. The van der Waals surface area contributed by atoms with Gasteiger partial charge in [-0.05, 0) is 13.8 Å². The molecule has 82 valence electrons. The van der Waals surface area contributed by atoms with Gasteiger partial charge in [0, 0.05) is 6.54 Å². The smallest absolute Gasteiger partial charge is 0.273 e. The third kappa shape index (κ3) is 2.63. The molecule has 0 aliphatic heterocycles. The number of nitrogen functional groups attached to an aromatic ring is 1. The molecule has 0 aromatic carbocycles. The minimum Gasteiger partial charge on any atom is -0.395 e. The van der Waals surface area contributed by atoms with Crippen molar-refractivity contribution in [1.82, 2.24) is 15.3 Å². The molecule has 6 nitrogen and oxygen atoms in total. The number of nitrogens with zero attached hydrogens (tertiary/aromatic N) is 2. The third-order valence-corrected chi connectivity index (χ3v) is 1.95. The average Bonchev–Trinajstić information content (AvgIpc) is 2.20. The highest BCUT2D eigenvalue weighted by molar-refractivity contribution is 5.96. The van der Waals surface area contributed by atoms with Crippen LogP contribution in [0.1, 0.15) is 21.9 Å². The predicted octanol–water partition coefficient (Wildman–Crippen LogP) is -0.602. The van der Waals surface area contributed by atoms with Gasteiger partial charge in [-0.2, -0.15) is 0 Å². The largest absolute Gasteiger partial charge is 0.395 e. The second kappa shape index (κ2) is 4.70. The zero-order valence-electron chi connectivity index (χ0n) is 8.74. The van der Waals surface area contributed by atoms with Crippen LogP contribution in [-0.4, -0.2) is 34.1 Å². The SMILES string of the molecule is Cc1nc(N)c(C(=O)NCCO)nc1C. The molecule has 0 bridgehead atoms. The molecular formula is C9H14N4O2. The van der Waals surface area contributed by atoms with E-state index in [9.17, 15) is 4.79 Å². The monoisotopic (exact) mass is 210 g/mol. The Morgan fingerprint density at radius 2 is 2.00 bits per heavy atom. The lowest BCUT2D eigenvalue weighted by atomic mass is 10.3. The predicted molar refractivity (Wildman–Crippen MR) is 55.3 cm³/mol. The number of aliphatic hydroxyl groups excluding tert-OH is 1. The van der Waals surface area contributed by atoms with Crippen LogP contribution >= 0.6 is 0 Å². The minimum atomic E-state index is -0.419. The van der Waals surface area contributed by atoms with Crippen molar-refractivity contribution in [2.45, 2.75) is 13.8 Å². The Bertz CT molecular complexity index is 379. The summed E-state index contributed by atoms with van der Waals surface area (Å²) in [4.78, 5) is 19.5. The normalized spacial score (nSPS) is 10.1. The summed E-state index contributed by atoms with van der Waals surface area (Å²) in [5, 5.41) is 11.0. The fourth-order valence-corrected chi connectivity index (χ4v) is 1.04. The summed E-state index contributed by atoms with van der Waals surface area (Å²) in [6.45, 7) is 3.58. The Labute approximate surface area is 87.5 Å². The molecular weight excluding hydrogens is 196 g/mol. The maximum Gasteiger partial charge on any atom is 0.273 e. The number of hydrogen-bond acceptors (Lipinski definition) is 5. The Hall–Kier alpha value is -1.69. The van der Waals surface area contributed by atoms with E-state index in [1.807, 2.05) is 0 Å². The number of aliphatic hydroxyl groups is 1. The highest BCUT2D eigenvalue weighted by atomic mass is 16.3. The van der Waals surface area contributed by atoms with Gasteiger partial charge >= 0.3 is 0 Å². The van der Waals surface area contributed by atoms with E-state index in [0.29, 0.717) is 11.4 Å². The Morgan fingerprint density at radius 3 is 2.60 bits per heavy atom. The van der Waals surface area contributed by atoms with E-state index in [4.69, 9.17) is 10.8 Å². The second-order valence-electron chi connectivity index (χ2n) is 3.11. The van der Waals surface area contributed by atoms with Gasteiger partial charge in [0.05, 0.1) is 18.0 Å². The van der Waals surface area contributed by atoms with Gasteiger partial charge in [0.25, 0.3) is 5.91 Å². The third-order valence-electron chi connectivity index (χ3n) is 1.95. The second-order valence-corrected chi connectivity index (χ2v) is 3.11. The first-order chi connectivity index (χ1) is 7.06. The lowest BCUT2D eigenvalue weighted by Gasteiger charge is -2.07. The molecule has 0 fully saturated rings. The van der Waals surface area contributed by atoms with Gasteiger partial charge in [-0.1, -0.05) is 0 Å². The molecule has 4 N–H and O–H groups in total. The molecule has 0 unspecified atom stereocenters. The molecule has 0 radical (unpaired) electrons. The number of nitrogens with two attached hydrogens (primary N) is 1. The molecule has 1 aromatic rings. The van der Waals surface area contributed by atoms with Gasteiger partial charge in [0.15, 0.2) is 11.5 Å². The van der Waals surface area contributed by atoms with E-state index in [1.165, 1.54) is 0 Å². The van der Waals surface area contributed by atoms with Gasteiger partial charge in [-0.15, -0.1) is 0 Å². The van der Waals surface area contributed by atoms with Crippen LogP contribution in [0.3, 0.4) is 0 Å². The maximum absolute atomic E-state index is 11.5. The lowest BCUT2D eigenvalue weighted by molar-refractivity contribution is 0.0940. The summed E-state index contributed by atoms with van der Waals surface area (Å²) in [7, 11) is 0. The van der Waals surface area contributed by atoms with E-state index < -0.39 is 5.91 Å². The van der Waals surface area contributed by atoms with Crippen molar-refractivity contribution >= 4 is 11.7 Å². The zero-order valence-corrected chi connectivity index (χ0v) is 8.74. The van der Waals surface area contributed by atoms with Crippen molar-refractivity contribution in [3.05, 3.63) is 17.1 Å². The number of amides is 1. The molecule has 6 heteroatoms. The number of hydrogen-bond donors (Lipinski definition) is 3. The fraction of sp³-hybridized carbons (Fsp3) is 0.444. The van der Waals surface area contributed by atoms with E-state index in [0.717, 1.165) is 0 Å². The van der Waals surface area contributed by atoms with Crippen molar-refractivity contribution in [2.75, 3.05) is 18.9 Å². The van der Waals surface area contributed by atoms with Crippen molar-refractivity contribution in [2.24, 2.45) is 0 Å². The Morgan fingerprint density at radius 1 is 1.40 bits per heavy atom. The molecule has 0 atom stereocenters. The molecule has 15 heavy (non-hydrogen) atoms. The van der Waals surface area contributed by atoms with Crippen LogP contribution in [0.5, 0.6) is 0 Å². The van der Waals surface area contributed by atoms with Crippen LogP contribution in [0.25, 0.3) is 0 Å². The Kier molecular flexibility index (Phi) is 3.56. The first-order valence-corrected chi connectivity index (χ1v) is 4.56. The quantitative estimate of drug-likeness (QED) is 0.618. The van der Waals surface area contributed by atoms with E-state index in [-0.39, 0.29) is 24.7 Å². The van der Waals surface area contributed by atoms with Gasteiger partial charge < -0.3 is 16.2 Å². The summed E-state index contributed by atoms with van der Waals surface area (Å²) in [5.41, 5.74) is 7.03. The minimum absolute atomic E-state index is 0.103. The summed E-state index contributed by atoms with van der Waals surface area (Å²) in [5.74, 6) is -0.314. The summed E-state index contributed by atoms with van der Waals surface area (Å²) in [6, 6.07) is 0. The maximum atomic E-state index is 11.5. The van der Waals surface area contributed by atoms with E-state index in [1.54, 1.807) is 13.8 Å². The number of aromatic nitrogens is 2. The molecule has 1 heterocycles. The van der Waals surface area contributed by atoms with Gasteiger partial charge in [-0.25, -0.2) is 9.97 Å². The number of aryl methyl sites for hydroxylation is 2. The van der Waals surface area contributed by atoms with Crippen LogP contribution < -0.4 is 11.1 Å². The first-order valence-electron chi connectivity index (χ1n) is 4.56. The lowest BCUT2D eigenvalue weighted by Crippen LogP contribution is -2.28. The van der Waals surface area contributed by atoms with Gasteiger partial charge in [0.2, 0.25) is 0 Å². The zero-order chi connectivity index (χ0) is 11.4. The van der Waals surface area contributed by atoms with Crippen LogP contribution in [-0.2, 0) is 0 Å². The number of nitrogens with one attached hydrogen (secondary N) is 1. The summed E-state index contributed by atoms with van der Waals surface area (Å²) < 4.78 is 0. The van der Waals surface area contributed by atoms with Crippen molar-refractivity contribution in [3.63, 3.8) is 0 Å². The van der Waals surface area contributed by atoms with Gasteiger partial charge in [0.1, 0.15) is 0 Å². The standard InChI is InChI=1S/C9H14N4O2/c1-5-6(2)13-8(10)7(12-5)9(15)11-3-4-14/h14H,3-4H2,1-2H3,(H2,10,13)(H,11,15). The Balaban J connectivity index is 2.94. The molecule has 1 aromatic heterocycles. The highest BCUT2D eigenvalue weighted by Gasteiger charge is 2.13.